The maximum absolute atomic E-state index is 8.86. The molecule has 4 heterocycles. The second-order valence-corrected chi connectivity index (χ2v) is 9.79. The van der Waals surface area contributed by atoms with Crippen molar-refractivity contribution in [3.63, 3.8) is 0 Å². The van der Waals surface area contributed by atoms with Crippen molar-refractivity contribution < 1.29 is 0 Å². The quantitative estimate of drug-likeness (QED) is 0.363. The van der Waals surface area contributed by atoms with E-state index in [-0.39, 0.29) is 0 Å². The molecule has 1 aliphatic heterocycles. The zero-order chi connectivity index (χ0) is 23.2. The summed E-state index contributed by atoms with van der Waals surface area (Å²) in [6.45, 7) is 4.22. The molecule has 10 heteroatoms. The number of hydrogen-bond donors (Lipinski definition) is 2. The highest BCUT2D eigenvalue weighted by molar-refractivity contribution is 7.99. The minimum absolute atomic E-state index is 0.520. The Morgan fingerprint density at radius 2 is 1.91 bits per heavy atom. The van der Waals surface area contributed by atoms with Crippen molar-refractivity contribution in [1.29, 1.82) is 5.26 Å². The van der Waals surface area contributed by atoms with E-state index in [4.69, 9.17) is 20.2 Å². The molecule has 3 aromatic heterocycles. The number of rotatable bonds is 8. The van der Waals surface area contributed by atoms with Crippen LogP contribution in [0.2, 0.25) is 0 Å². The van der Waals surface area contributed by atoms with Gasteiger partial charge in [0.1, 0.15) is 0 Å². The van der Waals surface area contributed by atoms with Gasteiger partial charge < -0.3 is 15.2 Å². The highest BCUT2D eigenvalue weighted by Gasteiger charge is 2.21. The fourth-order valence-corrected chi connectivity index (χ4v) is 5.20. The molecule has 0 unspecified atom stereocenters. The van der Waals surface area contributed by atoms with Crippen LogP contribution in [0, 0.1) is 11.3 Å². The van der Waals surface area contributed by atoms with Crippen LogP contribution < -0.4 is 10.2 Å². The molecule has 5 rings (SSSR count). The summed E-state index contributed by atoms with van der Waals surface area (Å²) in [5, 5.41) is 14.9. The first kappa shape index (κ1) is 22.4. The molecule has 8 nitrogen and oxygen atoms in total. The maximum Gasteiger partial charge on any atom is 0.233 e. The Hall–Kier alpha value is -3.39. The van der Waals surface area contributed by atoms with Crippen LogP contribution in [0.5, 0.6) is 0 Å². The molecular formula is C24H24N8S2. The van der Waals surface area contributed by atoms with Gasteiger partial charge in [0.25, 0.3) is 0 Å². The highest BCUT2D eigenvalue weighted by Crippen LogP contribution is 2.29. The van der Waals surface area contributed by atoms with Gasteiger partial charge in [-0.3, -0.25) is 4.90 Å². The molecule has 172 valence electrons. The number of aromatic amines is 1. The van der Waals surface area contributed by atoms with Gasteiger partial charge >= 0.3 is 0 Å². The van der Waals surface area contributed by atoms with Crippen molar-refractivity contribution in [2.45, 2.75) is 16.5 Å². The Labute approximate surface area is 206 Å². The number of H-pyrrole nitrogens is 1. The maximum atomic E-state index is 8.86. The van der Waals surface area contributed by atoms with Crippen LogP contribution >= 0.6 is 23.1 Å². The van der Waals surface area contributed by atoms with Crippen molar-refractivity contribution in [1.82, 2.24) is 24.8 Å². The number of anilines is 3. The van der Waals surface area contributed by atoms with E-state index >= 15 is 0 Å². The molecule has 0 bridgehead atoms. The molecular weight excluding hydrogens is 464 g/mol. The first-order valence-electron chi connectivity index (χ1n) is 11.1. The second-order valence-electron chi connectivity index (χ2n) is 7.80. The van der Waals surface area contributed by atoms with Gasteiger partial charge in [0.05, 0.1) is 22.3 Å². The minimum atomic E-state index is 0.520. The highest BCUT2D eigenvalue weighted by atomic mass is 32.2. The van der Waals surface area contributed by atoms with E-state index in [1.165, 1.54) is 16.6 Å². The van der Waals surface area contributed by atoms with Gasteiger partial charge in [-0.15, -0.1) is 11.3 Å². The predicted molar refractivity (Wildman–Crippen MR) is 137 cm³/mol. The lowest BCUT2D eigenvalue weighted by Gasteiger charge is -2.34. The Morgan fingerprint density at radius 1 is 1.06 bits per heavy atom. The topological polar surface area (TPSA) is 96.8 Å². The van der Waals surface area contributed by atoms with Crippen molar-refractivity contribution >= 4 is 40.7 Å². The molecule has 34 heavy (non-hydrogen) atoms. The van der Waals surface area contributed by atoms with E-state index in [2.05, 4.69) is 55.8 Å². The average molecular weight is 489 g/mol. The summed E-state index contributed by atoms with van der Waals surface area (Å²) in [7, 11) is 0. The molecule has 0 spiro atoms. The molecule has 1 fully saturated rings. The number of nitriles is 1. The van der Waals surface area contributed by atoms with E-state index in [1.807, 2.05) is 30.5 Å². The fraction of sp³-hybridized carbons (Fsp3) is 0.250. The normalized spacial score (nSPS) is 14.1. The van der Waals surface area contributed by atoms with Crippen molar-refractivity contribution in [2.75, 3.05) is 42.9 Å². The van der Waals surface area contributed by atoms with Crippen LogP contribution in [-0.4, -0.2) is 57.6 Å². The zero-order valence-electron chi connectivity index (χ0n) is 18.5. The van der Waals surface area contributed by atoms with Crippen molar-refractivity contribution in [3.8, 4) is 16.6 Å². The molecule has 1 saturated heterocycles. The lowest BCUT2D eigenvalue weighted by atomic mass is 10.3. The number of thiophene rings is 1. The minimum Gasteiger partial charge on any atom is -0.359 e. The second kappa shape index (κ2) is 10.7. The summed E-state index contributed by atoms with van der Waals surface area (Å²) >= 11 is 3.22. The van der Waals surface area contributed by atoms with Gasteiger partial charge in [0.2, 0.25) is 11.9 Å². The van der Waals surface area contributed by atoms with Gasteiger partial charge in [-0.1, -0.05) is 24.3 Å². The van der Waals surface area contributed by atoms with Crippen LogP contribution in [-0.2, 0) is 0 Å². The molecule has 2 N–H and O–H groups in total. The number of aromatic nitrogens is 4. The monoisotopic (exact) mass is 488 g/mol. The molecule has 0 radical (unpaired) electrons. The average Bonchev–Trinajstić information content (AvgIpc) is 3.56. The smallest absolute Gasteiger partial charge is 0.233 e. The number of hydrogen-bond acceptors (Lipinski definition) is 9. The number of nitrogens with zero attached hydrogens (tertiary/aromatic N) is 6. The molecule has 0 amide bonds. The lowest BCUT2D eigenvalue weighted by Crippen LogP contribution is -2.47. The summed E-state index contributed by atoms with van der Waals surface area (Å²) < 4.78 is 0. The fourth-order valence-electron chi connectivity index (χ4n) is 3.73. The van der Waals surface area contributed by atoms with E-state index in [1.54, 1.807) is 11.3 Å². The Morgan fingerprint density at radius 3 is 2.68 bits per heavy atom. The summed E-state index contributed by atoms with van der Waals surface area (Å²) in [6, 6.07) is 18.5. The Balaban J connectivity index is 1.37. The van der Waals surface area contributed by atoms with Gasteiger partial charge in [0, 0.05) is 50.2 Å². The summed E-state index contributed by atoms with van der Waals surface area (Å²) in [5.41, 5.74) is 1.96. The van der Waals surface area contributed by atoms with Crippen LogP contribution in [0.3, 0.4) is 0 Å². The van der Waals surface area contributed by atoms with Crippen molar-refractivity contribution in [2.24, 2.45) is 0 Å². The van der Waals surface area contributed by atoms with E-state index in [0.717, 1.165) is 49.0 Å². The van der Waals surface area contributed by atoms with E-state index < -0.39 is 0 Å². The largest absolute Gasteiger partial charge is 0.359 e. The summed E-state index contributed by atoms with van der Waals surface area (Å²) in [4.78, 5) is 24.3. The van der Waals surface area contributed by atoms with Crippen molar-refractivity contribution in [3.05, 3.63) is 60.1 Å². The van der Waals surface area contributed by atoms with Crippen LogP contribution in [0.15, 0.2) is 70.2 Å². The number of benzene rings is 1. The summed E-state index contributed by atoms with van der Waals surface area (Å²) in [6.07, 6.45) is 2.48. The molecule has 4 aromatic rings. The lowest BCUT2D eigenvalue weighted by molar-refractivity contribution is 0.262. The van der Waals surface area contributed by atoms with Crippen LogP contribution in [0.25, 0.3) is 10.6 Å². The summed E-state index contributed by atoms with van der Waals surface area (Å²) in [5.74, 6) is 1.19. The standard InChI is InChI=1S/C24H24N8S2/c25-9-5-10-31-11-13-32(14-12-31)23-28-22(29-24(30-23)34-19-6-2-1-3-7-19)27-18-16-20(26-17-18)21-8-4-15-33-21/h1-4,6-8,15-17,26H,5,10-14H2,(H,27,28,29,30). The Bertz CT molecular complexity index is 1240. The zero-order valence-corrected chi connectivity index (χ0v) is 20.1. The first-order chi connectivity index (χ1) is 16.8. The van der Waals surface area contributed by atoms with Gasteiger partial charge in [-0.2, -0.15) is 20.2 Å². The molecule has 0 saturated carbocycles. The van der Waals surface area contributed by atoms with E-state index in [9.17, 15) is 0 Å². The van der Waals surface area contributed by atoms with Crippen LogP contribution in [0.4, 0.5) is 17.6 Å². The Kier molecular flexibility index (Phi) is 7.05. The number of nitrogens with one attached hydrogen (secondary N) is 2. The molecule has 1 aliphatic rings. The van der Waals surface area contributed by atoms with Gasteiger partial charge in [-0.05, 0) is 41.4 Å². The SMILES string of the molecule is N#CCCN1CCN(c2nc(Nc3c[nH]c(-c4cccs4)c3)nc(Sc3ccccc3)n2)CC1. The molecule has 0 aliphatic carbocycles. The third-order valence-corrected chi connectivity index (χ3v) is 7.25. The molecule has 0 atom stereocenters. The third kappa shape index (κ3) is 5.56. The van der Waals surface area contributed by atoms with Gasteiger partial charge in [-0.25, -0.2) is 0 Å². The van der Waals surface area contributed by atoms with Crippen LogP contribution in [0.1, 0.15) is 6.42 Å². The van der Waals surface area contributed by atoms with E-state index in [0.29, 0.717) is 23.5 Å². The first-order valence-corrected chi connectivity index (χ1v) is 12.8. The molecule has 1 aromatic carbocycles. The third-order valence-electron chi connectivity index (χ3n) is 5.48. The number of piperazine rings is 1. The van der Waals surface area contributed by atoms with Gasteiger partial charge in [0.15, 0.2) is 5.16 Å². The predicted octanol–water partition coefficient (Wildman–Crippen LogP) is 4.86.